The molecule has 0 spiro atoms. The first-order chi connectivity index (χ1) is 12.5. The van der Waals surface area contributed by atoms with Crippen molar-refractivity contribution in [1.82, 2.24) is 14.7 Å². The van der Waals surface area contributed by atoms with Gasteiger partial charge in [0.1, 0.15) is 0 Å². The van der Waals surface area contributed by atoms with Gasteiger partial charge in [0.05, 0.1) is 17.9 Å². The van der Waals surface area contributed by atoms with Crippen LogP contribution in [0.1, 0.15) is 43.5 Å². The van der Waals surface area contributed by atoms with E-state index in [-0.39, 0.29) is 6.04 Å². The number of aryl methyl sites for hydroxylation is 1. The Bertz CT molecular complexity index is 710. The third-order valence-electron chi connectivity index (χ3n) is 5.07. The molecule has 1 aliphatic heterocycles. The second-order valence-electron chi connectivity index (χ2n) is 7.75. The summed E-state index contributed by atoms with van der Waals surface area (Å²) in [5.41, 5.74) is 10.1. The summed E-state index contributed by atoms with van der Waals surface area (Å²) < 4.78 is 8.01. The molecular formula is C21H32N4O. The first-order valence-corrected chi connectivity index (χ1v) is 9.71. The van der Waals surface area contributed by atoms with Crippen molar-refractivity contribution in [1.29, 1.82) is 0 Å². The van der Waals surface area contributed by atoms with Crippen LogP contribution in [0.15, 0.2) is 30.3 Å². The van der Waals surface area contributed by atoms with Gasteiger partial charge in [-0.15, -0.1) is 0 Å². The van der Waals surface area contributed by atoms with Gasteiger partial charge in [0.15, 0.2) is 0 Å². The molecule has 0 radical (unpaired) electrons. The Kier molecular flexibility index (Phi) is 5.99. The molecule has 1 fully saturated rings. The fourth-order valence-electron chi connectivity index (χ4n) is 3.87. The van der Waals surface area contributed by atoms with Crippen molar-refractivity contribution in [3.8, 4) is 5.88 Å². The van der Waals surface area contributed by atoms with Gasteiger partial charge in [-0.2, -0.15) is 5.10 Å². The Morgan fingerprint density at radius 1 is 1.23 bits per heavy atom. The minimum absolute atomic E-state index is 0.166. The van der Waals surface area contributed by atoms with Crippen LogP contribution < -0.4 is 10.5 Å². The summed E-state index contributed by atoms with van der Waals surface area (Å²) >= 11 is 0. The summed E-state index contributed by atoms with van der Waals surface area (Å²) in [6.07, 6.45) is 0. The summed E-state index contributed by atoms with van der Waals surface area (Å²) in [6.45, 7) is 12.8. The molecule has 1 aromatic carbocycles. The normalized spacial score (nSPS) is 20.8. The lowest BCUT2D eigenvalue weighted by Crippen LogP contribution is -2.28. The van der Waals surface area contributed by atoms with Crippen LogP contribution in [0.5, 0.6) is 5.88 Å². The molecule has 1 aromatic heterocycles. The van der Waals surface area contributed by atoms with Crippen LogP contribution >= 0.6 is 0 Å². The molecule has 1 saturated heterocycles. The van der Waals surface area contributed by atoms with Gasteiger partial charge in [-0.1, -0.05) is 44.2 Å². The zero-order valence-electron chi connectivity index (χ0n) is 16.5. The number of nitrogens with zero attached hydrogens (tertiary/aromatic N) is 3. The Hall–Kier alpha value is -1.85. The van der Waals surface area contributed by atoms with Gasteiger partial charge >= 0.3 is 0 Å². The minimum atomic E-state index is 0.166. The number of hydrogen-bond acceptors (Lipinski definition) is 4. The van der Waals surface area contributed by atoms with E-state index in [0.717, 1.165) is 37.8 Å². The van der Waals surface area contributed by atoms with Gasteiger partial charge < -0.3 is 10.5 Å². The Morgan fingerprint density at radius 2 is 1.96 bits per heavy atom. The largest absolute Gasteiger partial charge is 0.478 e. The second kappa shape index (κ2) is 8.23. The summed E-state index contributed by atoms with van der Waals surface area (Å²) in [7, 11) is 0. The quantitative estimate of drug-likeness (QED) is 0.828. The molecule has 1 aliphatic rings. The van der Waals surface area contributed by atoms with Gasteiger partial charge in [0, 0.05) is 38.1 Å². The van der Waals surface area contributed by atoms with E-state index in [1.807, 2.05) is 11.6 Å². The van der Waals surface area contributed by atoms with E-state index in [9.17, 15) is 0 Å². The van der Waals surface area contributed by atoms with Crippen molar-refractivity contribution in [3.05, 3.63) is 47.2 Å². The van der Waals surface area contributed by atoms with Crippen LogP contribution in [-0.2, 0) is 13.1 Å². The van der Waals surface area contributed by atoms with Crippen molar-refractivity contribution in [2.45, 2.75) is 52.7 Å². The van der Waals surface area contributed by atoms with E-state index in [2.05, 4.69) is 56.0 Å². The second-order valence-corrected chi connectivity index (χ2v) is 7.75. The van der Waals surface area contributed by atoms with Crippen molar-refractivity contribution < 1.29 is 4.74 Å². The van der Waals surface area contributed by atoms with E-state index in [1.165, 1.54) is 11.1 Å². The van der Waals surface area contributed by atoms with Crippen LogP contribution in [0.25, 0.3) is 0 Å². The number of rotatable bonds is 7. The predicted octanol–water partition coefficient (Wildman–Crippen LogP) is 3.17. The molecule has 2 N–H and O–H groups in total. The van der Waals surface area contributed by atoms with E-state index in [1.54, 1.807) is 0 Å². The van der Waals surface area contributed by atoms with Gasteiger partial charge in [0.2, 0.25) is 5.88 Å². The number of nitrogens with two attached hydrogens (primary N) is 1. The third-order valence-corrected chi connectivity index (χ3v) is 5.07. The van der Waals surface area contributed by atoms with Crippen molar-refractivity contribution in [2.75, 3.05) is 19.7 Å². The SMILES string of the molecule is CCOc1c(CN2C[C@@H](N)[C@H](c3ccccc3)C2)c(C)nn1CC(C)C. The fourth-order valence-corrected chi connectivity index (χ4v) is 3.87. The number of ether oxygens (including phenoxy) is 1. The van der Waals surface area contributed by atoms with Crippen LogP contribution in [-0.4, -0.2) is 40.4 Å². The average molecular weight is 357 g/mol. The highest BCUT2D eigenvalue weighted by Gasteiger charge is 2.32. The lowest BCUT2D eigenvalue weighted by molar-refractivity contribution is 0.275. The van der Waals surface area contributed by atoms with Gasteiger partial charge in [0.25, 0.3) is 0 Å². The van der Waals surface area contributed by atoms with Crippen LogP contribution in [0.2, 0.25) is 0 Å². The highest BCUT2D eigenvalue weighted by molar-refractivity contribution is 5.32. The third kappa shape index (κ3) is 4.10. The summed E-state index contributed by atoms with van der Waals surface area (Å²) in [5.74, 6) is 1.84. The Labute approximate surface area is 157 Å². The first kappa shape index (κ1) is 18.9. The van der Waals surface area contributed by atoms with Crippen LogP contribution in [0, 0.1) is 12.8 Å². The lowest BCUT2D eigenvalue weighted by atomic mass is 9.95. The standard InChI is InChI=1S/C21H32N4O/c1-5-26-21-18(16(4)23-25(21)11-15(2)3)12-24-13-19(20(22)14-24)17-9-7-6-8-10-17/h6-10,15,19-20H,5,11-14,22H2,1-4H3/t19-,20+/m0/s1. The highest BCUT2D eigenvalue weighted by atomic mass is 16.5. The van der Waals surface area contributed by atoms with E-state index in [4.69, 9.17) is 15.6 Å². The maximum absolute atomic E-state index is 6.47. The van der Waals surface area contributed by atoms with E-state index in [0.29, 0.717) is 18.4 Å². The molecule has 0 amide bonds. The molecular weight excluding hydrogens is 324 g/mol. The number of benzene rings is 1. The monoisotopic (exact) mass is 356 g/mol. The topological polar surface area (TPSA) is 56.3 Å². The van der Waals surface area contributed by atoms with Crippen LogP contribution in [0.3, 0.4) is 0 Å². The van der Waals surface area contributed by atoms with Gasteiger partial charge in [-0.3, -0.25) is 4.90 Å². The molecule has 5 heteroatoms. The van der Waals surface area contributed by atoms with Crippen molar-refractivity contribution in [2.24, 2.45) is 11.7 Å². The number of hydrogen-bond donors (Lipinski definition) is 1. The minimum Gasteiger partial charge on any atom is -0.478 e. The number of likely N-dealkylation sites (tertiary alicyclic amines) is 1. The molecule has 142 valence electrons. The number of aromatic nitrogens is 2. The average Bonchev–Trinajstić information content (AvgIpc) is 3.10. The van der Waals surface area contributed by atoms with E-state index < -0.39 is 0 Å². The summed E-state index contributed by atoms with van der Waals surface area (Å²) in [4.78, 5) is 2.44. The molecule has 0 unspecified atom stereocenters. The zero-order valence-corrected chi connectivity index (χ0v) is 16.5. The zero-order chi connectivity index (χ0) is 18.7. The van der Waals surface area contributed by atoms with Crippen LogP contribution in [0.4, 0.5) is 0 Å². The predicted molar refractivity (Wildman–Crippen MR) is 105 cm³/mol. The Balaban J connectivity index is 1.77. The molecule has 3 rings (SSSR count). The molecule has 2 aromatic rings. The van der Waals surface area contributed by atoms with Gasteiger partial charge in [-0.25, -0.2) is 4.68 Å². The van der Waals surface area contributed by atoms with Gasteiger partial charge in [-0.05, 0) is 25.3 Å². The fraction of sp³-hybridized carbons (Fsp3) is 0.571. The highest BCUT2D eigenvalue weighted by Crippen LogP contribution is 2.31. The molecule has 0 saturated carbocycles. The lowest BCUT2D eigenvalue weighted by Gasteiger charge is -2.17. The molecule has 2 heterocycles. The molecule has 0 bridgehead atoms. The van der Waals surface area contributed by atoms with Crippen molar-refractivity contribution >= 4 is 0 Å². The van der Waals surface area contributed by atoms with E-state index >= 15 is 0 Å². The summed E-state index contributed by atoms with van der Waals surface area (Å²) in [5, 5.41) is 4.74. The molecule has 2 atom stereocenters. The maximum Gasteiger partial charge on any atom is 0.216 e. The van der Waals surface area contributed by atoms with Crippen molar-refractivity contribution in [3.63, 3.8) is 0 Å². The smallest absolute Gasteiger partial charge is 0.216 e. The molecule has 5 nitrogen and oxygen atoms in total. The maximum atomic E-state index is 6.47. The molecule has 0 aliphatic carbocycles. The molecule has 26 heavy (non-hydrogen) atoms. The first-order valence-electron chi connectivity index (χ1n) is 9.71. The Morgan fingerprint density at radius 3 is 2.62 bits per heavy atom. The summed E-state index contributed by atoms with van der Waals surface area (Å²) in [6, 6.07) is 10.8.